The lowest BCUT2D eigenvalue weighted by molar-refractivity contribution is 0.564. The van der Waals surface area contributed by atoms with Crippen LogP contribution in [0.2, 0.25) is 0 Å². The lowest BCUT2D eigenvalue weighted by Crippen LogP contribution is -1.81. The largest absolute Gasteiger partial charge is 0.345 e. The van der Waals surface area contributed by atoms with E-state index in [1.165, 1.54) is 6.08 Å². The van der Waals surface area contributed by atoms with E-state index in [-0.39, 0.29) is 0 Å². The van der Waals surface area contributed by atoms with E-state index in [4.69, 9.17) is 0 Å². The molecule has 0 aliphatic carbocycles. The highest BCUT2D eigenvalue weighted by Crippen LogP contribution is 2.04. The summed E-state index contributed by atoms with van der Waals surface area (Å²) in [4.78, 5) is 16.7. The first-order valence-corrected chi connectivity index (χ1v) is 2.89. The minimum atomic E-state index is 0.711. The Kier molecular flexibility index (Phi) is 1.99. The van der Waals surface area contributed by atoms with Gasteiger partial charge in [0.2, 0.25) is 6.29 Å². The molecule has 1 rings (SSSR count). The summed E-state index contributed by atoms with van der Waals surface area (Å²) in [5.41, 5.74) is 0.792. The number of nitrogens with one attached hydrogen (secondary N) is 1. The minimum Gasteiger partial charge on any atom is -0.345 e. The van der Waals surface area contributed by atoms with Gasteiger partial charge in [-0.05, 0) is 18.6 Å². The molecule has 0 aromatic carbocycles. The highest BCUT2D eigenvalue weighted by molar-refractivity contribution is 5.78. The van der Waals surface area contributed by atoms with E-state index in [1.807, 2.05) is 0 Å². The Bertz CT molecular complexity index is 236. The minimum absolute atomic E-state index is 0.711. The molecule has 0 atom stereocenters. The summed E-state index contributed by atoms with van der Waals surface area (Å²) in [6.45, 7) is 1.80. The zero-order valence-electron chi connectivity index (χ0n) is 5.59. The maximum Gasteiger partial charge on any atom is 0.226 e. The smallest absolute Gasteiger partial charge is 0.226 e. The van der Waals surface area contributed by atoms with Gasteiger partial charge in [0.25, 0.3) is 0 Å². The molecule has 1 N–H and O–H groups in total. The van der Waals surface area contributed by atoms with Gasteiger partial charge in [-0.1, -0.05) is 0 Å². The number of nitrogens with zero attached hydrogens (tertiary/aromatic N) is 1. The molecule has 3 nitrogen and oxygen atoms in total. The Balaban J connectivity index is 2.86. The van der Waals surface area contributed by atoms with Gasteiger partial charge in [-0.2, -0.15) is 0 Å². The van der Waals surface area contributed by atoms with Crippen LogP contribution in [0, 0.1) is 0 Å². The molecule has 0 unspecified atom stereocenters. The summed E-state index contributed by atoms with van der Waals surface area (Å²) in [6.07, 6.45) is 6.37. The summed E-state index contributed by atoms with van der Waals surface area (Å²) < 4.78 is 0. The highest BCUT2D eigenvalue weighted by Gasteiger charge is 1.94. The lowest BCUT2D eigenvalue weighted by atomic mass is 10.3. The van der Waals surface area contributed by atoms with Crippen LogP contribution in [0.4, 0.5) is 0 Å². The van der Waals surface area contributed by atoms with Gasteiger partial charge in [0.1, 0.15) is 5.82 Å². The third-order valence-electron chi connectivity index (χ3n) is 1.15. The van der Waals surface area contributed by atoms with Gasteiger partial charge in [-0.15, -0.1) is 0 Å². The molecule has 3 heteroatoms. The van der Waals surface area contributed by atoms with Crippen molar-refractivity contribution in [3.8, 4) is 0 Å². The van der Waals surface area contributed by atoms with Crippen LogP contribution in [-0.2, 0) is 4.79 Å². The Morgan fingerprint density at radius 2 is 2.70 bits per heavy atom. The third-order valence-corrected chi connectivity index (χ3v) is 1.15. The van der Waals surface area contributed by atoms with Gasteiger partial charge in [-0.25, -0.2) is 4.98 Å². The van der Waals surface area contributed by atoms with E-state index in [0.717, 1.165) is 5.57 Å². The number of hydrogen-bond donors (Lipinski definition) is 1. The molecule has 0 aliphatic rings. The fourth-order valence-corrected chi connectivity index (χ4v) is 0.638. The SMILES string of the molecule is C/C(=C\[C]=O)c1ncc[nH]1. The number of carbonyl (C=O) groups excluding carboxylic acids is 1. The number of aromatic nitrogens is 2. The molecule has 1 radical (unpaired) electrons. The molecule has 0 aliphatic heterocycles. The monoisotopic (exact) mass is 135 g/mol. The van der Waals surface area contributed by atoms with Crippen molar-refractivity contribution >= 4 is 11.9 Å². The Morgan fingerprint density at radius 3 is 3.20 bits per heavy atom. The molecule has 1 heterocycles. The molecule has 0 saturated heterocycles. The van der Waals surface area contributed by atoms with Crippen LogP contribution in [-0.4, -0.2) is 16.3 Å². The van der Waals surface area contributed by atoms with Gasteiger partial charge >= 0.3 is 0 Å². The number of imidazole rings is 1. The maximum atomic E-state index is 9.87. The van der Waals surface area contributed by atoms with Crippen molar-refractivity contribution in [1.29, 1.82) is 0 Å². The second-order valence-corrected chi connectivity index (χ2v) is 1.88. The Morgan fingerprint density at radius 1 is 1.90 bits per heavy atom. The predicted molar refractivity (Wildman–Crippen MR) is 37.9 cm³/mol. The van der Waals surface area contributed by atoms with Gasteiger partial charge < -0.3 is 4.98 Å². The van der Waals surface area contributed by atoms with Crippen LogP contribution in [0.3, 0.4) is 0 Å². The van der Waals surface area contributed by atoms with Crippen molar-refractivity contribution in [2.24, 2.45) is 0 Å². The zero-order valence-corrected chi connectivity index (χ0v) is 5.59. The summed E-state index contributed by atoms with van der Waals surface area (Å²) in [6, 6.07) is 0. The molecule has 0 fully saturated rings. The second-order valence-electron chi connectivity index (χ2n) is 1.88. The first-order valence-electron chi connectivity index (χ1n) is 2.89. The number of aromatic amines is 1. The van der Waals surface area contributed by atoms with Crippen molar-refractivity contribution in [2.45, 2.75) is 6.92 Å². The van der Waals surface area contributed by atoms with E-state index in [0.29, 0.717) is 5.82 Å². The molecule has 51 valence electrons. The quantitative estimate of drug-likeness (QED) is 0.613. The van der Waals surface area contributed by atoms with E-state index in [1.54, 1.807) is 25.6 Å². The molecular formula is C7H7N2O. The van der Waals surface area contributed by atoms with Crippen molar-refractivity contribution in [1.82, 2.24) is 9.97 Å². The second kappa shape index (κ2) is 2.96. The average molecular weight is 135 g/mol. The highest BCUT2D eigenvalue weighted by atomic mass is 16.1. The normalized spacial score (nSPS) is 11.5. The van der Waals surface area contributed by atoms with Crippen LogP contribution in [0.5, 0.6) is 0 Å². The summed E-state index contributed by atoms with van der Waals surface area (Å²) in [5.74, 6) is 0.711. The van der Waals surface area contributed by atoms with Crippen LogP contribution >= 0.6 is 0 Å². The van der Waals surface area contributed by atoms with Gasteiger partial charge in [0.05, 0.1) is 0 Å². The molecule has 0 bridgehead atoms. The van der Waals surface area contributed by atoms with Crippen molar-refractivity contribution < 1.29 is 4.79 Å². The standard InChI is InChI=1S/C7H7N2O/c1-6(2-5-10)7-8-3-4-9-7/h2-4H,1H3,(H,8,9)/b6-2+. The van der Waals surface area contributed by atoms with Crippen LogP contribution < -0.4 is 0 Å². The molecule has 1 aromatic heterocycles. The van der Waals surface area contributed by atoms with Crippen molar-refractivity contribution in [3.63, 3.8) is 0 Å². The lowest BCUT2D eigenvalue weighted by Gasteiger charge is -1.89. The maximum absolute atomic E-state index is 9.87. The zero-order chi connectivity index (χ0) is 7.40. The third kappa shape index (κ3) is 1.31. The van der Waals surface area contributed by atoms with Crippen molar-refractivity contribution in [3.05, 3.63) is 24.3 Å². The molecule has 10 heavy (non-hydrogen) atoms. The summed E-state index contributed by atoms with van der Waals surface area (Å²) in [7, 11) is 0. The average Bonchev–Trinajstić information content (AvgIpc) is 2.38. The van der Waals surface area contributed by atoms with Gasteiger partial charge in [0.15, 0.2) is 0 Å². The van der Waals surface area contributed by atoms with Crippen LogP contribution in [0.1, 0.15) is 12.7 Å². The summed E-state index contributed by atoms with van der Waals surface area (Å²) >= 11 is 0. The number of H-pyrrole nitrogens is 1. The Labute approximate surface area is 58.8 Å². The number of allylic oxidation sites excluding steroid dienone is 2. The van der Waals surface area contributed by atoms with E-state index in [2.05, 4.69) is 9.97 Å². The molecule has 1 aromatic rings. The number of rotatable bonds is 2. The van der Waals surface area contributed by atoms with Gasteiger partial charge in [-0.3, -0.25) is 4.79 Å². The van der Waals surface area contributed by atoms with E-state index >= 15 is 0 Å². The van der Waals surface area contributed by atoms with Crippen LogP contribution in [0.25, 0.3) is 5.57 Å². The first-order chi connectivity index (χ1) is 4.84. The fraction of sp³-hybridized carbons (Fsp3) is 0.143. The molecule has 0 amide bonds. The van der Waals surface area contributed by atoms with Crippen LogP contribution in [0.15, 0.2) is 18.5 Å². The van der Waals surface area contributed by atoms with E-state index in [9.17, 15) is 4.79 Å². The topological polar surface area (TPSA) is 45.8 Å². The molecule has 0 spiro atoms. The summed E-state index contributed by atoms with van der Waals surface area (Å²) in [5, 5.41) is 0. The first kappa shape index (κ1) is 6.74. The number of hydrogen-bond acceptors (Lipinski definition) is 2. The Hall–Kier alpha value is -1.38. The van der Waals surface area contributed by atoms with Gasteiger partial charge in [0, 0.05) is 12.4 Å². The predicted octanol–water partition coefficient (Wildman–Crippen LogP) is 0.923. The van der Waals surface area contributed by atoms with E-state index < -0.39 is 0 Å². The fourth-order valence-electron chi connectivity index (χ4n) is 0.638. The molecule has 0 saturated carbocycles. The molecular weight excluding hydrogens is 128 g/mol. The van der Waals surface area contributed by atoms with Crippen molar-refractivity contribution in [2.75, 3.05) is 0 Å².